The second-order valence-electron chi connectivity index (χ2n) is 5.37. The average molecular weight is 358 g/mol. The van der Waals surface area contributed by atoms with Gasteiger partial charge in [-0.25, -0.2) is 4.79 Å². The maximum Gasteiger partial charge on any atom is 0.338 e. The van der Waals surface area contributed by atoms with Crippen LogP contribution in [0.1, 0.15) is 44.5 Å². The van der Waals surface area contributed by atoms with E-state index in [0.717, 1.165) is 6.42 Å². The molecule has 0 unspecified atom stereocenters. The predicted octanol–water partition coefficient (Wildman–Crippen LogP) is 3.21. The van der Waals surface area contributed by atoms with Crippen molar-refractivity contribution in [2.45, 2.75) is 40.2 Å². The molecule has 134 valence electrons. The zero-order chi connectivity index (χ0) is 18.1. The van der Waals surface area contributed by atoms with Gasteiger partial charge in [0.1, 0.15) is 0 Å². The van der Waals surface area contributed by atoms with Crippen LogP contribution in [0.3, 0.4) is 0 Å². The highest BCUT2D eigenvalue weighted by Gasteiger charge is 2.18. The van der Waals surface area contributed by atoms with Crippen molar-refractivity contribution in [2.24, 2.45) is 0 Å². The first-order chi connectivity index (χ1) is 11.4. The Morgan fingerprint density at radius 2 is 1.92 bits per heavy atom. The summed E-state index contributed by atoms with van der Waals surface area (Å²) in [6.45, 7) is 7.96. The molecule has 0 aromatic heterocycles. The van der Waals surface area contributed by atoms with Gasteiger partial charge in [-0.1, -0.05) is 18.5 Å². The minimum absolute atomic E-state index is 0.0230. The summed E-state index contributed by atoms with van der Waals surface area (Å²) in [5.74, 6) is -0.248. The van der Waals surface area contributed by atoms with E-state index in [1.807, 2.05) is 27.7 Å². The lowest BCUT2D eigenvalue weighted by atomic mass is 10.2. The third-order valence-electron chi connectivity index (χ3n) is 2.78. The van der Waals surface area contributed by atoms with Gasteiger partial charge in [-0.15, -0.1) is 0 Å². The topological polar surface area (TPSA) is 73.9 Å². The van der Waals surface area contributed by atoms with E-state index in [4.69, 9.17) is 25.8 Å². The fourth-order valence-corrected chi connectivity index (χ4v) is 2.14. The van der Waals surface area contributed by atoms with E-state index in [2.05, 4.69) is 5.32 Å². The summed E-state index contributed by atoms with van der Waals surface area (Å²) in [6, 6.07) is 2.92. The lowest BCUT2D eigenvalue weighted by molar-refractivity contribution is -0.124. The summed E-state index contributed by atoms with van der Waals surface area (Å²) in [7, 11) is 0. The normalized spacial score (nSPS) is 10.4. The zero-order valence-electron chi connectivity index (χ0n) is 14.5. The molecule has 0 heterocycles. The first-order valence-electron chi connectivity index (χ1n) is 7.94. The molecule has 0 aliphatic carbocycles. The average Bonchev–Trinajstić information content (AvgIpc) is 2.51. The van der Waals surface area contributed by atoms with Gasteiger partial charge in [0, 0.05) is 6.04 Å². The number of rotatable bonds is 9. The van der Waals surface area contributed by atoms with Gasteiger partial charge in [0.25, 0.3) is 5.91 Å². The van der Waals surface area contributed by atoms with Gasteiger partial charge in [-0.2, -0.15) is 0 Å². The van der Waals surface area contributed by atoms with Crippen LogP contribution in [0.25, 0.3) is 0 Å². The number of halogens is 1. The second kappa shape index (κ2) is 10.0. The number of ether oxygens (including phenoxy) is 3. The molecule has 1 aromatic carbocycles. The Morgan fingerprint density at radius 3 is 2.50 bits per heavy atom. The molecule has 1 rings (SSSR count). The summed E-state index contributed by atoms with van der Waals surface area (Å²) in [4.78, 5) is 23.7. The molecule has 1 N–H and O–H groups in total. The van der Waals surface area contributed by atoms with Gasteiger partial charge >= 0.3 is 5.97 Å². The summed E-state index contributed by atoms with van der Waals surface area (Å²) in [5.41, 5.74) is 0.199. The molecular weight excluding hydrogens is 334 g/mol. The van der Waals surface area contributed by atoms with Crippen LogP contribution in [0.15, 0.2) is 12.1 Å². The smallest absolute Gasteiger partial charge is 0.338 e. The monoisotopic (exact) mass is 357 g/mol. The van der Waals surface area contributed by atoms with Crippen molar-refractivity contribution in [1.29, 1.82) is 0 Å². The Kier molecular flexibility index (Phi) is 8.40. The summed E-state index contributed by atoms with van der Waals surface area (Å²) in [5, 5.41) is 2.90. The van der Waals surface area contributed by atoms with Crippen LogP contribution >= 0.6 is 11.6 Å². The lowest BCUT2D eigenvalue weighted by Gasteiger charge is -2.14. The quantitative estimate of drug-likeness (QED) is 0.687. The molecule has 0 fully saturated rings. The van der Waals surface area contributed by atoms with Crippen LogP contribution < -0.4 is 14.8 Å². The van der Waals surface area contributed by atoms with E-state index in [0.29, 0.717) is 24.7 Å². The van der Waals surface area contributed by atoms with Gasteiger partial charge in [0.2, 0.25) is 0 Å². The molecule has 0 saturated heterocycles. The highest BCUT2D eigenvalue weighted by molar-refractivity contribution is 6.32. The minimum Gasteiger partial charge on any atom is -0.490 e. The van der Waals surface area contributed by atoms with Crippen molar-refractivity contribution >= 4 is 23.5 Å². The molecule has 0 aliphatic rings. The third-order valence-corrected chi connectivity index (χ3v) is 3.06. The van der Waals surface area contributed by atoms with E-state index in [9.17, 15) is 9.59 Å². The molecule has 24 heavy (non-hydrogen) atoms. The van der Waals surface area contributed by atoms with Crippen LogP contribution in [-0.2, 0) is 9.53 Å². The zero-order valence-corrected chi connectivity index (χ0v) is 15.2. The standard InChI is InChI=1S/C17H24ClNO5/c1-5-7-23-16-13(18)8-12(9-14(16)22-6-2)17(21)24-10-15(20)19-11(3)4/h8-9,11H,5-7,10H2,1-4H3,(H,19,20). The molecule has 0 atom stereocenters. The van der Waals surface area contributed by atoms with Gasteiger partial charge in [0.15, 0.2) is 18.1 Å². The number of carbonyl (C=O) groups is 2. The molecule has 0 radical (unpaired) electrons. The molecule has 0 saturated carbocycles. The molecule has 1 aromatic rings. The second-order valence-corrected chi connectivity index (χ2v) is 5.77. The number of hydrogen-bond donors (Lipinski definition) is 1. The summed E-state index contributed by atoms with van der Waals surface area (Å²) >= 11 is 6.19. The summed E-state index contributed by atoms with van der Waals surface area (Å²) in [6.07, 6.45) is 0.816. The third kappa shape index (κ3) is 6.28. The molecular formula is C17H24ClNO5. The first kappa shape index (κ1) is 20.1. The molecule has 0 aliphatic heterocycles. The highest BCUT2D eigenvalue weighted by Crippen LogP contribution is 2.37. The highest BCUT2D eigenvalue weighted by atomic mass is 35.5. The summed E-state index contributed by atoms with van der Waals surface area (Å²) < 4.78 is 16.1. The Bertz CT molecular complexity index is 574. The van der Waals surface area contributed by atoms with Crippen LogP contribution in [0.5, 0.6) is 11.5 Å². The number of carbonyl (C=O) groups excluding carboxylic acids is 2. The van der Waals surface area contributed by atoms with Gasteiger partial charge in [-0.3, -0.25) is 4.79 Å². The molecule has 0 bridgehead atoms. The van der Waals surface area contributed by atoms with Crippen molar-refractivity contribution in [1.82, 2.24) is 5.32 Å². The minimum atomic E-state index is -0.654. The molecule has 6 nitrogen and oxygen atoms in total. The number of benzene rings is 1. The molecule has 0 spiro atoms. The van der Waals surface area contributed by atoms with E-state index in [1.54, 1.807) is 0 Å². The van der Waals surface area contributed by atoms with Crippen LogP contribution in [-0.4, -0.2) is 37.7 Å². The maximum absolute atomic E-state index is 12.1. The Hall–Kier alpha value is -1.95. The van der Waals surface area contributed by atoms with Crippen molar-refractivity contribution < 1.29 is 23.8 Å². The van der Waals surface area contributed by atoms with E-state index in [1.165, 1.54) is 12.1 Å². The van der Waals surface area contributed by atoms with Gasteiger partial charge in [0.05, 0.1) is 23.8 Å². The van der Waals surface area contributed by atoms with Gasteiger partial charge < -0.3 is 19.5 Å². The van der Waals surface area contributed by atoms with Crippen LogP contribution in [0.4, 0.5) is 0 Å². The molecule has 1 amide bonds. The number of amides is 1. The van der Waals surface area contributed by atoms with Crippen molar-refractivity contribution in [2.75, 3.05) is 19.8 Å². The van der Waals surface area contributed by atoms with Crippen LogP contribution in [0, 0.1) is 0 Å². The predicted molar refractivity (Wildman–Crippen MR) is 92.0 cm³/mol. The van der Waals surface area contributed by atoms with E-state index >= 15 is 0 Å². The SMILES string of the molecule is CCCOc1c(Cl)cc(C(=O)OCC(=O)NC(C)C)cc1OCC. The Morgan fingerprint density at radius 1 is 1.21 bits per heavy atom. The van der Waals surface area contributed by atoms with Crippen molar-refractivity contribution in [3.8, 4) is 11.5 Å². The number of nitrogens with one attached hydrogen (secondary N) is 1. The fraction of sp³-hybridized carbons (Fsp3) is 0.529. The fourth-order valence-electron chi connectivity index (χ4n) is 1.87. The lowest BCUT2D eigenvalue weighted by Crippen LogP contribution is -2.34. The Balaban J connectivity index is 2.87. The number of esters is 1. The van der Waals surface area contributed by atoms with Crippen LogP contribution in [0.2, 0.25) is 5.02 Å². The van der Waals surface area contributed by atoms with E-state index in [-0.39, 0.29) is 29.1 Å². The Labute approximate surface area is 147 Å². The largest absolute Gasteiger partial charge is 0.490 e. The maximum atomic E-state index is 12.1. The van der Waals surface area contributed by atoms with Gasteiger partial charge in [-0.05, 0) is 39.3 Å². The van der Waals surface area contributed by atoms with E-state index < -0.39 is 5.97 Å². The number of hydrogen-bond acceptors (Lipinski definition) is 5. The molecule has 7 heteroatoms. The van der Waals surface area contributed by atoms with Crippen molar-refractivity contribution in [3.05, 3.63) is 22.7 Å². The first-order valence-corrected chi connectivity index (χ1v) is 8.32. The van der Waals surface area contributed by atoms with Crippen molar-refractivity contribution in [3.63, 3.8) is 0 Å².